The van der Waals surface area contributed by atoms with Gasteiger partial charge in [0.05, 0.1) is 0 Å². The molecule has 2 fully saturated rings. The lowest BCUT2D eigenvalue weighted by molar-refractivity contribution is 0.0337. The molecule has 4 nitrogen and oxygen atoms in total. The SMILES string of the molecule is N.c1ccc2cc3c(ccc4cccc(OB(OC5CCCCC5)OC5CCCCC5)c43)cc2c1. The van der Waals surface area contributed by atoms with Crippen LogP contribution in [0.5, 0.6) is 5.75 Å². The monoisotopic (exact) mass is 469 g/mol. The van der Waals surface area contributed by atoms with Crippen LogP contribution < -0.4 is 10.8 Å². The van der Waals surface area contributed by atoms with Crippen molar-refractivity contribution in [2.45, 2.75) is 76.4 Å². The van der Waals surface area contributed by atoms with Crippen LogP contribution in [0.25, 0.3) is 32.3 Å². The molecule has 0 bridgehead atoms. The maximum absolute atomic E-state index is 6.61. The summed E-state index contributed by atoms with van der Waals surface area (Å²) >= 11 is 0. The first-order valence-electron chi connectivity index (χ1n) is 13.2. The first-order chi connectivity index (χ1) is 16.8. The summed E-state index contributed by atoms with van der Waals surface area (Å²) in [4.78, 5) is 0. The van der Waals surface area contributed by atoms with E-state index in [1.165, 1.54) is 65.5 Å². The minimum absolute atomic E-state index is 0. The van der Waals surface area contributed by atoms with Crippen molar-refractivity contribution in [1.82, 2.24) is 6.15 Å². The Morgan fingerprint density at radius 1 is 0.571 bits per heavy atom. The van der Waals surface area contributed by atoms with Crippen molar-refractivity contribution < 1.29 is 14.0 Å². The second-order valence-electron chi connectivity index (χ2n) is 10.0. The van der Waals surface area contributed by atoms with Gasteiger partial charge in [0.1, 0.15) is 5.75 Å². The van der Waals surface area contributed by atoms with Gasteiger partial charge in [-0.3, -0.25) is 0 Å². The van der Waals surface area contributed by atoms with E-state index < -0.39 is 7.32 Å². The fourth-order valence-electron chi connectivity index (χ4n) is 5.77. The van der Waals surface area contributed by atoms with Gasteiger partial charge in [0.15, 0.2) is 0 Å². The molecule has 0 saturated heterocycles. The van der Waals surface area contributed by atoms with Crippen LogP contribution in [0.2, 0.25) is 0 Å². The Labute approximate surface area is 208 Å². The van der Waals surface area contributed by atoms with E-state index >= 15 is 0 Å². The van der Waals surface area contributed by atoms with E-state index in [1.807, 2.05) is 0 Å². The van der Waals surface area contributed by atoms with Crippen molar-refractivity contribution >= 4 is 39.6 Å². The Hall–Kier alpha value is -2.60. The van der Waals surface area contributed by atoms with Gasteiger partial charge in [-0.25, -0.2) is 0 Å². The molecule has 2 saturated carbocycles. The van der Waals surface area contributed by atoms with Crippen molar-refractivity contribution in [3.8, 4) is 5.75 Å². The molecule has 0 heterocycles. The normalized spacial score (nSPS) is 17.5. The third-order valence-corrected chi connectivity index (χ3v) is 7.62. The van der Waals surface area contributed by atoms with Crippen LogP contribution in [0.4, 0.5) is 0 Å². The largest absolute Gasteiger partial charge is 0.713 e. The van der Waals surface area contributed by atoms with Gasteiger partial charge in [-0.05, 0) is 70.8 Å². The molecule has 0 aromatic heterocycles. The van der Waals surface area contributed by atoms with E-state index in [9.17, 15) is 0 Å². The molecule has 0 unspecified atom stereocenters. The van der Waals surface area contributed by atoms with Gasteiger partial charge in [-0.1, -0.05) is 87.1 Å². The van der Waals surface area contributed by atoms with Crippen LogP contribution in [-0.4, -0.2) is 19.5 Å². The summed E-state index contributed by atoms with van der Waals surface area (Å²) in [6.07, 6.45) is 12.3. The molecule has 0 aliphatic heterocycles. The maximum Gasteiger partial charge on any atom is 0.713 e. The third kappa shape index (κ3) is 5.33. The summed E-state index contributed by atoms with van der Waals surface area (Å²) in [5, 5.41) is 7.24. The molecule has 2 aliphatic carbocycles. The summed E-state index contributed by atoms with van der Waals surface area (Å²) < 4.78 is 19.6. The Kier molecular flexibility index (Phi) is 7.57. The fourth-order valence-corrected chi connectivity index (χ4v) is 5.77. The lowest BCUT2D eigenvalue weighted by atomic mass is 9.94. The topological polar surface area (TPSA) is 62.7 Å². The third-order valence-electron chi connectivity index (χ3n) is 7.62. The van der Waals surface area contributed by atoms with Gasteiger partial charge >= 0.3 is 7.32 Å². The highest BCUT2D eigenvalue weighted by Gasteiger charge is 2.33. The average molecular weight is 469 g/mol. The fraction of sp³-hybridized carbons (Fsp3) is 0.400. The highest BCUT2D eigenvalue weighted by atomic mass is 16.7. The standard InChI is InChI=1S/C30H33BO3.H3N/c1-3-13-26(14-4-1)32-31(33-27-15-5-2-6-16-27)34-29-17-9-12-22-18-19-25-20-23-10-7-8-11-24(23)21-28(25)30(22)29;/h7-12,17-21,26-27H,1-6,13-16H2;1H3. The Bertz CT molecular complexity index is 1260. The number of rotatable bonds is 6. The molecule has 4 aromatic carbocycles. The second kappa shape index (κ2) is 11.0. The highest BCUT2D eigenvalue weighted by molar-refractivity contribution is 6.38. The first kappa shape index (κ1) is 24.1. The van der Waals surface area contributed by atoms with Crippen LogP contribution in [0.3, 0.4) is 0 Å². The molecule has 0 radical (unpaired) electrons. The Balaban J connectivity index is 0.00000253. The van der Waals surface area contributed by atoms with Gasteiger partial charge in [-0.15, -0.1) is 0 Å². The van der Waals surface area contributed by atoms with Crippen LogP contribution in [0, 0.1) is 0 Å². The molecule has 6 rings (SSSR count). The summed E-state index contributed by atoms with van der Waals surface area (Å²) in [6, 6.07) is 23.8. The van der Waals surface area contributed by atoms with Crippen LogP contribution in [-0.2, 0) is 9.31 Å². The summed E-state index contributed by atoms with van der Waals surface area (Å²) in [5.41, 5.74) is 0. The molecule has 5 heteroatoms. The molecule has 0 spiro atoms. The van der Waals surface area contributed by atoms with E-state index in [2.05, 4.69) is 66.7 Å². The lowest BCUT2D eigenvalue weighted by Gasteiger charge is -2.29. The van der Waals surface area contributed by atoms with E-state index in [4.69, 9.17) is 14.0 Å². The van der Waals surface area contributed by atoms with Crippen molar-refractivity contribution in [3.63, 3.8) is 0 Å². The Morgan fingerprint density at radius 2 is 1.14 bits per heavy atom. The minimum atomic E-state index is -0.660. The molecule has 4 aromatic rings. The van der Waals surface area contributed by atoms with Crippen molar-refractivity contribution in [2.24, 2.45) is 0 Å². The maximum atomic E-state index is 6.61. The number of fused-ring (bicyclic) bond motifs is 4. The zero-order valence-electron chi connectivity index (χ0n) is 20.6. The zero-order valence-corrected chi connectivity index (χ0v) is 20.6. The van der Waals surface area contributed by atoms with Gasteiger partial charge in [0.25, 0.3) is 0 Å². The molecule has 2 aliphatic rings. The number of hydrogen-bond donors (Lipinski definition) is 1. The van der Waals surface area contributed by atoms with Gasteiger partial charge in [0.2, 0.25) is 0 Å². The van der Waals surface area contributed by atoms with E-state index in [1.54, 1.807) is 0 Å². The smallest absolute Gasteiger partial charge is 0.511 e. The van der Waals surface area contributed by atoms with Crippen LogP contribution in [0.1, 0.15) is 64.2 Å². The Morgan fingerprint density at radius 3 is 1.80 bits per heavy atom. The van der Waals surface area contributed by atoms with Gasteiger partial charge in [-0.2, -0.15) is 0 Å². The average Bonchev–Trinajstić information content (AvgIpc) is 2.88. The molecule has 35 heavy (non-hydrogen) atoms. The van der Waals surface area contributed by atoms with Crippen LogP contribution in [0.15, 0.2) is 66.7 Å². The quantitative estimate of drug-likeness (QED) is 0.175. The summed E-state index contributed by atoms with van der Waals surface area (Å²) in [7, 11) is -0.660. The number of benzene rings is 4. The van der Waals surface area contributed by atoms with Crippen LogP contribution >= 0.6 is 0 Å². The van der Waals surface area contributed by atoms with Crippen molar-refractivity contribution in [1.29, 1.82) is 0 Å². The van der Waals surface area contributed by atoms with Crippen molar-refractivity contribution in [2.75, 3.05) is 0 Å². The summed E-state index contributed by atoms with van der Waals surface area (Å²) in [6.45, 7) is 0. The number of hydrogen-bond acceptors (Lipinski definition) is 4. The second-order valence-corrected chi connectivity index (χ2v) is 10.0. The molecular weight excluding hydrogens is 433 g/mol. The summed E-state index contributed by atoms with van der Waals surface area (Å²) in [5.74, 6) is 0.843. The lowest BCUT2D eigenvalue weighted by Crippen LogP contribution is -2.39. The van der Waals surface area contributed by atoms with Gasteiger partial charge in [0, 0.05) is 17.6 Å². The van der Waals surface area contributed by atoms with E-state index in [0.29, 0.717) is 0 Å². The van der Waals surface area contributed by atoms with E-state index in [-0.39, 0.29) is 18.4 Å². The molecule has 182 valence electrons. The molecule has 3 N–H and O–H groups in total. The molecule has 0 atom stereocenters. The molecular formula is C30H36BNO3. The minimum Gasteiger partial charge on any atom is -0.511 e. The predicted octanol–water partition coefficient (Wildman–Crippen LogP) is 8.37. The predicted molar refractivity (Wildman–Crippen MR) is 146 cm³/mol. The van der Waals surface area contributed by atoms with E-state index in [0.717, 1.165) is 36.8 Å². The zero-order chi connectivity index (χ0) is 22.7. The first-order valence-corrected chi connectivity index (χ1v) is 13.2. The molecule has 0 amide bonds. The highest BCUT2D eigenvalue weighted by Crippen LogP contribution is 2.36. The van der Waals surface area contributed by atoms with Gasteiger partial charge < -0.3 is 20.1 Å². The van der Waals surface area contributed by atoms with Crippen molar-refractivity contribution in [3.05, 3.63) is 66.7 Å².